The monoisotopic (exact) mass is 431 g/mol. The maximum atomic E-state index is 13.4. The Hall–Kier alpha value is -2.16. The van der Waals surface area contributed by atoms with Crippen molar-refractivity contribution < 1.29 is 9.53 Å². The van der Waals surface area contributed by atoms with Gasteiger partial charge in [0.2, 0.25) is 5.91 Å². The summed E-state index contributed by atoms with van der Waals surface area (Å²) in [6, 6.07) is 7.91. The molecule has 1 N–H and O–H groups in total. The van der Waals surface area contributed by atoms with Gasteiger partial charge in [0.1, 0.15) is 4.83 Å². The van der Waals surface area contributed by atoms with Crippen LogP contribution in [0.4, 0.5) is 0 Å². The standard InChI is InChI=1S/C21H25N3O3S2/c1-5-15-6-8-16(9-7-15)24-20(26)18-13(2)14(3)29-19(18)23-21(24)28-12-17(25)22-10-11-27-4/h6-9H,5,10-12H2,1-4H3,(H,22,25). The molecule has 0 bridgehead atoms. The summed E-state index contributed by atoms with van der Waals surface area (Å²) in [4.78, 5) is 32.1. The first kappa shape index (κ1) is 21.5. The van der Waals surface area contributed by atoms with E-state index in [1.165, 1.54) is 28.7 Å². The Bertz CT molecular complexity index is 1070. The van der Waals surface area contributed by atoms with Crippen LogP contribution in [0, 0.1) is 13.8 Å². The second-order valence-electron chi connectivity index (χ2n) is 6.65. The van der Waals surface area contributed by atoms with Crippen molar-refractivity contribution >= 4 is 39.2 Å². The molecule has 6 nitrogen and oxygen atoms in total. The van der Waals surface area contributed by atoms with E-state index < -0.39 is 0 Å². The number of aryl methyl sites for hydroxylation is 3. The van der Waals surface area contributed by atoms with Gasteiger partial charge in [-0.3, -0.25) is 14.2 Å². The molecule has 0 spiro atoms. The zero-order valence-electron chi connectivity index (χ0n) is 17.1. The van der Waals surface area contributed by atoms with Crippen LogP contribution in [0.1, 0.15) is 22.9 Å². The quantitative estimate of drug-likeness (QED) is 0.336. The zero-order valence-corrected chi connectivity index (χ0v) is 18.7. The molecule has 3 rings (SSSR count). The lowest BCUT2D eigenvalue weighted by atomic mass is 10.1. The van der Waals surface area contributed by atoms with Crippen LogP contribution < -0.4 is 10.9 Å². The molecule has 8 heteroatoms. The van der Waals surface area contributed by atoms with Gasteiger partial charge in [-0.05, 0) is 43.5 Å². The lowest BCUT2D eigenvalue weighted by Gasteiger charge is -2.13. The van der Waals surface area contributed by atoms with E-state index in [-0.39, 0.29) is 17.2 Å². The van der Waals surface area contributed by atoms with Crippen molar-refractivity contribution in [2.45, 2.75) is 32.3 Å². The number of amides is 1. The molecule has 1 aromatic carbocycles. The molecule has 0 saturated heterocycles. The highest BCUT2D eigenvalue weighted by atomic mass is 32.2. The summed E-state index contributed by atoms with van der Waals surface area (Å²) in [5, 5.41) is 3.97. The van der Waals surface area contributed by atoms with Gasteiger partial charge in [-0.1, -0.05) is 30.8 Å². The predicted octanol–water partition coefficient (Wildman–Crippen LogP) is 3.48. The minimum absolute atomic E-state index is 0.0941. The number of thioether (sulfide) groups is 1. The van der Waals surface area contributed by atoms with E-state index in [0.29, 0.717) is 28.5 Å². The first-order valence-electron chi connectivity index (χ1n) is 9.46. The first-order chi connectivity index (χ1) is 14.0. The topological polar surface area (TPSA) is 73.2 Å². The molecule has 154 valence electrons. The number of hydrogen-bond donors (Lipinski definition) is 1. The summed E-state index contributed by atoms with van der Waals surface area (Å²) >= 11 is 2.78. The van der Waals surface area contributed by atoms with Gasteiger partial charge < -0.3 is 10.1 Å². The van der Waals surface area contributed by atoms with Gasteiger partial charge in [0.25, 0.3) is 5.56 Å². The molecule has 0 atom stereocenters. The third-order valence-corrected chi connectivity index (χ3v) is 6.78. The fourth-order valence-corrected chi connectivity index (χ4v) is 4.87. The van der Waals surface area contributed by atoms with E-state index in [9.17, 15) is 9.59 Å². The van der Waals surface area contributed by atoms with E-state index in [1.54, 1.807) is 11.7 Å². The maximum absolute atomic E-state index is 13.4. The Kier molecular flexibility index (Phi) is 7.10. The number of methoxy groups -OCH3 is 1. The van der Waals surface area contributed by atoms with Crippen LogP contribution in [0.15, 0.2) is 34.2 Å². The van der Waals surface area contributed by atoms with Crippen LogP contribution in [0.2, 0.25) is 0 Å². The highest BCUT2D eigenvalue weighted by Crippen LogP contribution is 2.29. The lowest BCUT2D eigenvalue weighted by Crippen LogP contribution is -2.29. The van der Waals surface area contributed by atoms with Gasteiger partial charge >= 0.3 is 0 Å². The highest BCUT2D eigenvalue weighted by molar-refractivity contribution is 7.99. The number of rotatable bonds is 8. The third kappa shape index (κ3) is 4.71. The number of carbonyl (C=O) groups excluding carboxylic acids is 1. The summed E-state index contributed by atoms with van der Waals surface area (Å²) in [6.45, 7) is 6.96. The van der Waals surface area contributed by atoms with E-state index in [4.69, 9.17) is 9.72 Å². The summed E-state index contributed by atoms with van der Waals surface area (Å²) in [6.07, 6.45) is 0.929. The first-order valence-corrected chi connectivity index (χ1v) is 11.3. The van der Waals surface area contributed by atoms with E-state index in [1.807, 2.05) is 38.1 Å². The van der Waals surface area contributed by atoms with Crippen LogP contribution in [-0.4, -0.2) is 41.5 Å². The molecule has 3 aromatic rings. The van der Waals surface area contributed by atoms with Crippen molar-refractivity contribution in [2.75, 3.05) is 26.0 Å². The molecule has 0 fully saturated rings. The van der Waals surface area contributed by atoms with Gasteiger partial charge in [-0.2, -0.15) is 0 Å². The fraction of sp³-hybridized carbons (Fsp3) is 0.381. The maximum Gasteiger partial charge on any atom is 0.267 e. The number of aromatic nitrogens is 2. The minimum atomic E-state index is -0.118. The zero-order chi connectivity index (χ0) is 21.0. The molecule has 0 aliphatic carbocycles. The molecule has 0 aliphatic rings. The molecule has 0 saturated carbocycles. The summed E-state index contributed by atoms with van der Waals surface area (Å²) < 4.78 is 6.57. The van der Waals surface area contributed by atoms with Gasteiger partial charge in [0, 0.05) is 18.5 Å². The van der Waals surface area contributed by atoms with Crippen molar-refractivity contribution in [1.82, 2.24) is 14.9 Å². The largest absolute Gasteiger partial charge is 0.383 e. The lowest BCUT2D eigenvalue weighted by molar-refractivity contribution is -0.118. The Labute approximate surface area is 178 Å². The van der Waals surface area contributed by atoms with Gasteiger partial charge in [0.15, 0.2) is 5.16 Å². The number of nitrogens with one attached hydrogen (secondary N) is 1. The van der Waals surface area contributed by atoms with Crippen molar-refractivity contribution in [3.63, 3.8) is 0 Å². The van der Waals surface area contributed by atoms with Gasteiger partial charge in [0.05, 0.1) is 23.4 Å². The van der Waals surface area contributed by atoms with E-state index in [2.05, 4.69) is 12.2 Å². The van der Waals surface area contributed by atoms with Gasteiger partial charge in [-0.25, -0.2) is 4.98 Å². The molecule has 1 amide bonds. The molecule has 29 heavy (non-hydrogen) atoms. The van der Waals surface area contributed by atoms with Crippen LogP contribution >= 0.6 is 23.1 Å². The van der Waals surface area contributed by atoms with Crippen molar-refractivity contribution in [3.8, 4) is 5.69 Å². The average molecular weight is 432 g/mol. The van der Waals surface area contributed by atoms with Gasteiger partial charge in [-0.15, -0.1) is 11.3 Å². The van der Waals surface area contributed by atoms with Crippen LogP contribution in [0.25, 0.3) is 15.9 Å². The normalized spacial score (nSPS) is 11.2. The molecule has 0 aliphatic heterocycles. The summed E-state index contributed by atoms with van der Waals surface area (Å²) in [5.74, 6) is 0.0609. The molecule has 0 unspecified atom stereocenters. The second kappa shape index (κ2) is 9.56. The summed E-state index contributed by atoms with van der Waals surface area (Å²) in [5.41, 5.74) is 2.83. The minimum Gasteiger partial charge on any atom is -0.383 e. The molecule has 2 heterocycles. The van der Waals surface area contributed by atoms with Crippen molar-refractivity contribution in [1.29, 1.82) is 0 Å². The third-order valence-electron chi connectivity index (χ3n) is 4.74. The van der Waals surface area contributed by atoms with E-state index in [0.717, 1.165) is 22.5 Å². The SMILES string of the molecule is CCc1ccc(-n2c(SCC(=O)NCCOC)nc3sc(C)c(C)c3c2=O)cc1. The molecular formula is C21H25N3O3S2. The average Bonchev–Trinajstić information content (AvgIpc) is 3.00. The van der Waals surface area contributed by atoms with E-state index >= 15 is 0 Å². The number of carbonyl (C=O) groups is 1. The smallest absolute Gasteiger partial charge is 0.267 e. The van der Waals surface area contributed by atoms with Crippen molar-refractivity contribution in [2.24, 2.45) is 0 Å². The second-order valence-corrected chi connectivity index (χ2v) is 8.80. The Morgan fingerprint density at radius 2 is 2.00 bits per heavy atom. The number of thiophene rings is 1. The van der Waals surface area contributed by atoms with Crippen LogP contribution in [0.5, 0.6) is 0 Å². The van der Waals surface area contributed by atoms with Crippen LogP contribution in [-0.2, 0) is 16.0 Å². The number of ether oxygens (including phenoxy) is 1. The Morgan fingerprint density at radius 1 is 1.28 bits per heavy atom. The number of hydrogen-bond acceptors (Lipinski definition) is 6. The molecular weight excluding hydrogens is 406 g/mol. The number of fused-ring (bicyclic) bond motifs is 1. The molecule has 0 radical (unpaired) electrons. The number of benzene rings is 1. The summed E-state index contributed by atoms with van der Waals surface area (Å²) in [7, 11) is 1.59. The highest BCUT2D eigenvalue weighted by Gasteiger charge is 2.18. The predicted molar refractivity (Wildman–Crippen MR) is 120 cm³/mol. The Balaban J connectivity index is 2.02. The fourth-order valence-electron chi connectivity index (χ4n) is 2.95. The van der Waals surface area contributed by atoms with Crippen LogP contribution in [0.3, 0.4) is 0 Å². The number of nitrogens with zero attached hydrogens (tertiary/aromatic N) is 2. The Morgan fingerprint density at radius 3 is 2.66 bits per heavy atom. The van der Waals surface area contributed by atoms with Crippen molar-refractivity contribution in [3.05, 3.63) is 50.6 Å². The molecule has 2 aromatic heterocycles.